The molecule has 2 unspecified atom stereocenters. The number of aliphatic carboxylic acids is 1. The number of carboxylic acids is 1. The van der Waals surface area contributed by atoms with Gasteiger partial charge >= 0.3 is 5.97 Å². The monoisotopic (exact) mass is 262 g/mol. The highest BCUT2D eigenvalue weighted by Gasteiger charge is 2.21. The minimum Gasteiger partial charge on any atom is -0.481 e. The summed E-state index contributed by atoms with van der Waals surface area (Å²) < 4.78 is 13.3. The van der Waals surface area contributed by atoms with Gasteiger partial charge in [-0.05, 0) is 11.6 Å². The van der Waals surface area contributed by atoms with Gasteiger partial charge in [0.1, 0.15) is 11.9 Å². The first kappa shape index (κ1) is 13.9. The van der Waals surface area contributed by atoms with Crippen molar-refractivity contribution in [3.8, 4) is 0 Å². The fourth-order valence-corrected chi connectivity index (χ4v) is 1.59. The summed E-state index contributed by atoms with van der Waals surface area (Å²) in [6, 6.07) is 3.82. The first-order valence-electron chi connectivity index (χ1n) is 4.88. The number of aliphatic hydroxyl groups is 2. The third-order valence-corrected chi connectivity index (χ3v) is 2.60. The van der Waals surface area contributed by atoms with E-state index in [0.717, 1.165) is 6.07 Å². The minimum atomic E-state index is -1.48. The second-order valence-electron chi connectivity index (χ2n) is 3.59. The molecule has 0 aromatic heterocycles. The van der Waals surface area contributed by atoms with Crippen LogP contribution in [0.3, 0.4) is 0 Å². The highest BCUT2D eigenvalue weighted by molar-refractivity contribution is 6.17. The first-order chi connectivity index (χ1) is 7.95. The fourth-order valence-electron chi connectivity index (χ4n) is 1.37. The molecule has 17 heavy (non-hydrogen) atoms. The van der Waals surface area contributed by atoms with Crippen molar-refractivity contribution < 1.29 is 24.5 Å². The van der Waals surface area contributed by atoms with Crippen molar-refractivity contribution in [3.63, 3.8) is 0 Å². The molecule has 0 saturated heterocycles. The Labute approximate surface area is 102 Å². The molecule has 94 valence electrons. The van der Waals surface area contributed by atoms with Gasteiger partial charge in [-0.3, -0.25) is 4.79 Å². The molecule has 3 N–H and O–H groups in total. The number of rotatable bonds is 5. The second-order valence-corrected chi connectivity index (χ2v) is 3.86. The van der Waals surface area contributed by atoms with Gasteiger partial charge in [-0.2, -0.15) is 0 Å². The van der Waals surface area contributed by atoms with Gasteiger partial charge in [0, 0.05) is 5.56 Å². The predicted molar refractivity (Wildman–Crippen MR) is 59.2 cm³/mol. The van der Waals surface area contributed by atoms with E-state index in [1.165, 1.54) is 12.1 Å². The Hall–Kier alpha value is -1.17. The van der Waals surface area contributed by atoms with Crippen molar-refractivity contribution in [2.75, 3.05) is 0 Å². The summed E-state index contributed by atoms with van der Waals surface area (Å²) in [6.45, 7) is 0. The molecule has 0 aliphatic rings. The zero-order valence-electron chi connectivity index (χ0n) is 8.81. The summed E-state index contributed by atoms with van der Waals surface area (Å²) in [5.74, 6) is -1.84. The van der Waals surface area contributed by atoms with Crippen molar-refractivity contribution in [1.82, 2.24) is 0 Å². The van der Waals surface area contributed by atoms with Crippen LogP contribution in [0.25, 0.3) is 0 Å². The van der Waals surface area contributed by atoms with Gasteiger partial charge in [0.05, 0.1) is 18.4 Å². The molecule has 0 bridgehead atoms. The van der Waals surface area contributed by atoms with E-state index in [2.05, 4.69) is 0 Å². The lowest BCUT2D eigenvalue weighted by atomic mass is 10.0. The van der Waals surface area contributed by atoms with E-state index in [1.54, 1.807) is 0 Å². The summed E-state index contributed by atoms with van der Waals surface area (Å²) in [7, 11) is 0. The molecular formula is C11H12ClFO4. The number of carboxylic acid groups (broad SMARTS) is 1. The Balaban J connectivity index is 2.85. The van der Waals surface area contributed by atoms with Crippen LogP contribution in [0.1, 0.15) is 23.7 Å². The SMILES string of the molecule is O=C(O)CC(O)C(O)c1ccc(CCl)c(F)c1. The lowest BCUT2D eigenvalue weighted by Crippen LogP contribution is -2.21. The Bertz CT molecular complexity index is 410. The van der Waals surface area contributed by atoms with Crippen molar-refractivity contribution in [2.24, 2.45) is 0 Å². The van der Waals surface area contributed by atoms with Crippen molar-refractivity contribution in [2.45, 2.75) is 24.5 Å². The lowest BCUT2D eigenvalue weighted by molar-refractivity contribution is -0.141. The quantitative estimate of drug-likeness (QED) is 0.702. The standard InChI is InChI=1S/C11H12ClFO4/c12-5-7-2-1-6(3-8(7)13)11(17)9(14)4-10(15)16/h1-3,9,11,14,17H,4-5H2,(H,15,16). The zero-order chi connectivity index (χ0) is 13.0. The molecule has 1 aromatic rings. The summed E-state index contributed by atoms with van der Waals surface area (Å²) in [4.78, 5) is 10.4. The highest BCUT2D eigenvalue weighted by Crippen LogP contribution is 2.22. The third-order valence-electron chi connectivity index (χ3n) is 2.31. The van der Waals surface area contributed by atoms with Crippen molar-refractivity contribution >= 4 is 17.6 Å². The largest absolute Gasteiger partial charge is 0.481 e. The zero-order valence-corrected chi connectivity index (χ0v) is 9.56. The highest BCUT2D eigenvalue weighted by atomic mass is 35.5. The lowest BCUT2D eigenvalue weighted by Gasteiger charge is -2.16. The van der Waals surface area contributed by atoms with Gasteiger partial charge in [-0.15, -0.1) is 11.6 Å². The van der Waals surface area contributed by atoms with Crippen LogP contribution in [0.15, 0.2) is 18.2 Å². The average molecular weight is 263 g/mol. The molecule has 6 heteroatoms. The number of carbonyl (C=O) groups is 1. The van der Waals surface area contributed by atoms with Crippen LogP contribution in [-0.2, 0) is 10.7 Å². The number of hydrogen-bond acceptors (Lipinski definition) is 3. The number of benzene rings is 1. The van der Waals surface area contributed by atoms with Gasteiger partial charge in [0.15, 0.2) is 0 Å². The fraction of sp³-hybridized carbons (Fsp3) is 0.364. The second kappa shape index (κ2) is 5.95. The Kier molecular flexibility index (Phi) is 4.86. The molecule has 0 fully saturated rings. The maximum absolute atomic E-state index is 13.3. The molecule has 1 rings (SSSR count). The summed E-state index contributed by atoms with van der Waals surface area (Å²) >= 11 is 5.47. The van der Waals surface area contributed by atoms with E-state index in [4.69, 9.17) is 16.7 Å². The normalized spacial score (nSPS) is 14.4. The van der Waals surface area contributed by atoms with E-state index in [0.29, 0.717) is 0 Å². The summed E-state index contributed by atoms with van der Waals surface area (Å²) in [6.07, 6.45) is -3.53. The molecule has 0 saturated carbocycles. The number of hydrogen-bond donors (Lipinski definition) is 3. The summed E-state index contributed by atoms with van der Waals surface area (Å²) in [5, 5.41) is 27.4. The van der Waals surface area contributed by atoms with Crippen LogP contribution in [0, 0.1) is 5.82 Å². The number of halogens is 2. The molecule has 2 atom stereocenters. The number of alkyl halides is 1. The maximum atomic E-state index is 13.3. The van der Waals surface area contributed by atoms with Crippen LogP contribution in [0.4, 0.5) is 4.39 Å². The molecule has 1 aromatic carbocycles. The molecule has 0 heterocycles. The maximum Gasteiger partial charge on any atom is 0.306 e. The molecule has 0 aliphatic carbocycles. The predicted octanol–water partition coefficient (Wildman–Crippen LogP) is 1.43. The smallest absolute Gasteiger partial charge is 0.306 e. The molecule has 0 amide bonds. The third kappa shape index (κ3) is 3.66. The van der Waals surface area contributed by atoms with Gasteiger partial charge in [-0.1, -0.05) is 12.1 Å². The van der Waals surface area contributed by atoms with Gasteiger partial charge < -0.3 is 15.3 Å². The Morgan fingerprint density at radius 3 is 2.53 bits per heavy atom. The molecule has 4 nitrogen and oxygen atoms in total. The molecular weight excluding hydrogens is 251 g/mol. The van der Waals surface area contributed by atoms with E-state index < -0.39 is 30.4 Å². The van der Waals surface area contributed by atoms with Crippen LogP contribution >= 0.6 is 11.6 Å². The van der Waals surface area contributed by atoms with Gasteiger partial charge in [0.2, 0.25) is 0 Å². The van der Waals surface area contributed by atoms with Crippen molar-refractivity contribution in [3.05, 3.63) is 35.1 Å². The van der Waals surface area contributed by atoms with E-state index in [-0.39, 0.29) is 17.0 Å². The molecule has 0 aliphatic heterocycles. The summed E-state index contributed by atoms with van der Waals surface area (Å²) in [5.41, 5.74) is 0.389. The van der Waals surface area contributed by atoms with Crippen LogP contribution in [-0.4, -0.2) is 27.4 Å². The Morgan fingerprint density at radius 1 is 1.41 bits per heavy atom. The van der Waals surface area contributed by atoms with Gasteiger partial charge in [-0.25, -0.2) is 4.39 Å². The van der Waals surface area contributed by atoms with E-state index in [1.807, 2.05) is 0 Å². The van der Waals surface area contributed by atoms with Crippen LogP contribution < -0.4 is 0 Å². The van der Waals surface area contributed by atoms with E-state index in [9.17, 15) is 19.4 Å². The average Bonchev–Trinajstić information content (AvgIpc) is 2.27. The first-order valence-corrected chi connectivity index (χ1v) is 5.41. The van der Waals surface area contributed by atoms with E-state index >= 15 is 0 Å². The Morgan fingerprint density at radius 2 is 2.06 bits per heavy atom. The van der Waals surface area contributed by atoms with Crippen molar-refractivity contribution in [1.29, 1.82) is 0 Å². The minimum absolute atomic E-state index is 0.000111. The topological polar surface area (TPSA) is 77.8 Å². The van der Waals surface area contributed by atoms with Crippen LogP contribution in [0.2, 0.25) is 0 Å². The number of aliphatic hydroxyl groups excluding tert-OH is 2. The van der Waals surface area contributed by atoms with Crippen LogP contribution in [0.5, 0.6) is 0 Å². The molecule has 0 spiro atoms. The van der Waals surface area contributed by atoms with Gasteiger partial charge in [0.25, 0.3) is 0 Å². The molecule has 0 radical (unpaired) electrons.